The van der Waals surface area contributed by atoms with Crippen molar-refractivity contribution in [3.63, 3.8) is 0 Å². The van der Waals surface area contributed by atoms with Gasteiger partial charge in [0.15, 0.2) is 0 Å². The van der Waals surface area contributed by atoms with Gasteiger partial charge in [0.25, 0.3) is 0 Å². The van der Waals surface area contributed by atoms with E-state index in [-0.39, 0.29) is 47.7 Å². The number of hydrogen-bond acceptors (Lipinski definition) is 3. The van der Waals surface area contributed by atoms with Crippen molar-refractivity contribution in [3.05, 3.63) is 41.4 Å². The van der Waals surface area contributed by atoms with Crippen LogP contribution in [0.3, 0.4) is 0 Å². The molecule has 0 heterocycles. The van der Waals surface area contributed by atoms with Gasteiger partial charge < -0.3 is 6.53 Å². The Morgan fingerprint density at radius 2 is 1.85 bits per heavy atom. The molecule has 2 N–H and O–H groups in total. The monoisotopic (exact) mass is 423 g/mol. The van der Waals surface area contributed by atoms with E-state index >= 15 is 0 Å². The molecule has 1 aliphatic rings. The van der Waals surface area contributed by atoms with Crippen LogP contribution in [-0.4, -0.2) is 26.0 Å². The van der Waals surface area contributed by atoms with Crippen molar-refractivity contribution in [3.8, 4) is 0 Å². The molecule has 1 aromatic carbocycles. The maximum Gasteiger partial charge on any atom is 1.00 e. The van der Waals surface area contributed by atoms with Crippen molar-refractivity contribution in [2.75, 3.05) is 6.54 Å². The number of carboxylic acids is 1. The molecule has 1 aromatic rings. The van der Waals surface area contributed by atoms with Crippen LogP contribution in [0.1, 0.15) is 52.8 Å². The fourth-order valence-corrected chi connectivity index (χ4v) is 4.63. The number of sulfonamides is 1. The Morgan fingerprint density at radius 3 is 2.44 bits per heavy atom. The number of unbranched alkanes of at least 4 members (excludes halogenated alkanes) is 1. The Bertz CT molecular complexity index is 735. The summed E-state index contributed by atoms with van der Waals surface area (Å²) in [4.78, 5) is 10.7. The molecule has 8 heteroatoms. The Morgan fingerprint density at radius 1 is 1.22 bits per heavy atom. The molecule has 0 aliphatic heterocycles. The van der Waals surface area contributed by atoms with Crippen molar-refractivity contribution < 1.29 is 49.3 Å². The van der Waals surface area contributed by atoms with Gasteiger partial charge in [0.1, 0.15) is 0 Å². The maximum atomic E-state index is 12.5. The van der Waals surface area contributed by atoms with Gasteiger partial charge in [-0.25, -0.2) is 13.1 Å². The van der Waals surface area contributed by atoms with E-state index < -0.39 is 16.0 Å². The smallest absolute Gasteiger partial charge is 1.00 e. The molecule has 146 valence electrons. The number of carboxylic acid groups (broad SMARTS) is 1. The third kappa shape index (κ3) is 8.26. The van der Waals surface area contributed by atoms with Crippen LogP contribution in [0.5, 0.6) is 0 Å². The topological polar surface area (TPSA) is 83.5 Å². The average Bonchev–Trinajstić information content (AvgIpc) is 3.06. The van der Waals surface area contributed by atoms with Crippen LogP contribution < -0.4 is 34.3 Å². The Labute approximate surface area is 190 Å². The third-order valence-electron chi connectivity index (χ3n) is 4.90. The zero-order chi connectivity index (χ0) is 19.0. The van der Waals surface area contributed by atoms with Crippen LogP contribution in [0.4, 0.5) is 0 Å². The first kappa shape index (κ1) is 24.7. The van der Waals surface area contributed by atoms with Gasteiger partial charge >= 0.3 is 35.5 Å². The van der Waals surface area contributed by atoms with Crippen molar-refractivity contribution in [1.82, 2.24) is 4.72 Å². The fourth-order valence-electron chi connectivity index (χ4n) is 3.35. The summed E-state index contributed by atoms with van der Waals surface area (Å²) in [6, 6.07) is 6.16. The fraction of sp³-hybridized carbons (Fsp3) is 0.526. The van der Waals surface area contributed by atoms with Gasteiger partial charge in [-0.15, -0.1) is 0 Å². The molecular weight excluding hydrogens is 397 g/mol. The van der Waals surface area contributed by atoms with Crippen LogP contribution in [0, 0.1) is 5.41 Å². The van der Waals surface area contributed by atoms with E-state index in [4.69, 9.17) is 16.7 Å². The van der Waals surface area contributed by atoms with Gasteiger partial charge in [-0.3, -0.25) is 4.79 Å². The van der Waals surface area contributed by atoms with Gasteiger partial charge in [0, 0.05) is 18.0 Å². The number of hydrogen-bond donors (Lipinski definition) is 2. The number of allylic oxidation sites excluding steroid dienone is 2. The van der Waals surface area contributed by atoms with Crippen LogP contribution in [0.25, 0.3) is 0 Å². The summed E-state index contributed by atoms with van der Waals surface area (Å²) in [5.74, 6) is -0.776. The molecule has 1 aliphatic carbocycles. The maximum absolute atomic E-state index is 12.5. The molecule has 0 spiro atoms. The summed E-state index contributed by atoms with van der Waals surface area (Å²) in [6.07, 6.45) is 10.6. The third-order valence-corrected chi connectivity index (χ3v) is 6.57. The summed E-state index contributed by atoms with van der Waals surface area (Å²) in [7, 11) is -3.55. The molecule has 0 unspecified atom stereocenters. The van der Waals surface area contributed by atoms with Crippen LogP contribution in [0.15, 0.2) is 41.3 Å². The Balaban J connectivity index is 0.00000364. The largest absolute Gasteiger partial charge is 1.00 e. The van der Waals surface area contributed by atoms with Crippen molar-refractivity contribution in [2.24, 2.45) is 5.41 Å². The molecule has 0 saturated heterocycles. The second-order valence-corrected chi connectivity index (χ2v) is 9.15. The first-order valence-corrected chi connectivity index (χ1v) is 10.8. The van der Waals surface area contributed by atoms with Gasteiger partial charge in [-0.1, -0.05) is 36.6 Å². The van der Waals surface area contributed by atoms with Crippen LogP contribution >= 0.6 is 11.6 Å². The number of halogens is 1. The quantitative estimate of drug-likeness (QED) is 0.339. The van der Waals surface area contributed by atoms with Gasteiger partial charge in [0.2, 0.25) is 10.0 Å². The summed E-state index contributed by atoms with van der Waals surface area (Å²) in [6.45, 7) is 0.414. The summed E-state index contributed by atoms with van der Waals surface area (Å²) >= 11 is 5.82. The SMILES string of the molecule is O=C(O)CCC/C=C\CC1(CNS(=O)(=O)c2ccc(Cl)cc2)CCCC1.[H-].[Na+]. The molecule has 1 saturated carbocycles. The number of carbonyl (C=O) groups is 1. The first-order chi connectivity index (χ1) is 12.3. The minimum absolute atomic E-state index is 0. The van der Waals surface area contributed by atoms with Crippen molar-refractivity contribution in [1.29, 1.82) is 0 Å². The van der Waals surface area contributed by atoms with Gasteiger partial charge in [0.05, 0.1) is 4.90 Å². The summed E-state index contributed by atoms with van der Waals surface area (Å²) < 4.78 is 27.7. The average molecular weight is 424 g/mol. The molecule has 0 bridgehead atoms. The van der Waals surface area contributed by atoms with Crippen molar-refractivity contribution in [2.45, 2.75) is 56.3 Å². The number of benzene rings is 1. The zero-order valence-corrected chi connectivity index (χ0v) is 19.4. The summed E-state index contributed by atoms with van der Waals surface area (Å²) in [5.41, 5.74) is -0.0528. The number of aliphatic carboxylic acids is 1. The molecule has 0 atom stereocenters. The Kier molecular flexibility index (Phi) is 10.6. The molecule has 0 amide bonds. The predicted molar refractivity (Wildman–Crippen MR) is 104 cm³/mol. The standard InChI is InChI=1S/C19H26ClNO4S.Na.H/c20-16-8-10-17(11-9-16)26(24,25)21-15-19(13-5-6-14-19)12-4-2-1-3-7-18(22)23;;/h2,4,8-11,21H,1,3,5-7,12-15H2,(H,22,23);;/q;+1;-1/b4-2-;;. The zero-order valence-electron chi connectivity index (χ0n) is 16.8. The molecule has 0 radical (unpaired) electrons. The van der Waals surface area contributed by atoms with E-state index in [1.807, 2.05) is 6.08 Å². The molecule has 2 rings (SSSR count). The molecule has 27 heavy (non-hydrogen) atoms. The minimum Gasteiger partial charge on any atom is -1.00 e. The van der Waals surface area contributed by atoms with Gasteiger partial charge in [-0.05, 0) is 61.8 Å². The predicted octanol–water partition coefficient (Wildman–Crippen LogP) is 1.50. The summed E-state index contributed by atoms with van der Waals surface area (Å²) in [5, 5.41) is 9.15. The minimum atomic E-state index is -3.55. The van der Waals surface area contributed by atoms with E-state index in [1.165, 1.54) is 12.1 Å². The van der Waals surface area contributed by atoms with E-state index in [1.54, 1.807) is 12.1 Å². The molecule has 1 fully saturated rings. The van der Waals surface area contributed by atoms with E-state index in [2.05, 4.69) is 10.8 Å². The second-order valence-electron chi connectivity index (χ2n) is 6.95. The van der Waals surface area contributed by atoms with Crippen LogP contribution in [-0.2, 0) is 14.8 Å². The van der Waals surface area contributed by atoms with Gasteiger partial charge in [-0.2, -0.15) is 0 Å². The second kappa shape index (κ2) is 11.6. The molecule has 5 nitrogen and oxygen atoms in total. The Hall–Kier alpha value is -0.370. The first-order valence-electron chi connectivity index (χ1n) is 8.95. The van der Waals surface area contributed by atoms with Crippen molar-refractivity contribution >= 4 is 27.6 Å². The van der Waals surface area contributed by atoms with E-state index in [0.29, 0.717) is 18.0 Å². The molecular formula is C19H27ClNNaO4S. The normalized spacial score (nSPS) is 16.3. The number of nitrogens with one attached hydrogen (secondary N) is 1. The number of rotatable bonds is 10. The van der Waals surface area contributed by atoms with E-state index in [9.17, 15) is 13.2 Å². The van der Waals surface area contributed by atoms with E-state index in [0.717, 1.165) is 38.5 Å². The molecule has 0 aromatic heterocycles. The van der Waals surface area contributed by atoms with Crippen LogP contribution in [0.2, 0.25) is 5.02 Å².